The molecule has 0 saturated carbocycles. The minimum atomic E-state index is -0.688. The van der Waals surface area contributed by atoms with Crippen molar-refractivity contribution in [2.24, 2.45) is 11.7 Å². The van der Waals surface area contributed by atoms with Crippen molar-refractivity contribution in [2.45, 2.75) is 26.3 Å². The third kappa shape index (κ3) is 3.88. The summed E-state index contributed by atoms with van der Waals surface area (Å²) in [6, 6.07) is 8.20. The number of nitrogens with zero attached hydrogens (tertiary/aromatic N) is 2. The second-order valence-electron chi connectivity index (χ2n) is 6.61. The van der Waals surface area contributed by atoms with Gasteiger partial charge in [0, 0.05) is 23.5 Å². The zero-order chi connectivity index (χ0) is 18.7. The Bertz CT molecular complexity index is 934. The number of nitrogens with two attached hydrogens (primary N) is 1. The second kappa shape index (κ2) is 7.35. The van der Waals surface area contributed by atoms with Crippen LogP contribution < -0.4 is 11.1 Å². The SMILES string of the molecule is CC(C)C[C@H](NC(=O)c1ccc2nc(-c3ccncc3)[nH]c2c1)C(N)=O. The van der Waals surface area contributed by atoms with Gasteiger partial charge in [0.15, 0.2) is 0 Å². The molecular weight excluding hydrogens is 330 g/mol. The van der Waals surface area contributed by atoms with Crippen molar-refractivity contribution in [3.63, 3.8) is 0 Å². The quantitative estimate of drug-likeness (QED) is 0.632. The maximum absolute atomic E-state index is 12.5. The van der Waals surface area contributed by atoms with E-state index in [1.807, 2.05) is 26.0 Å². The van der Waals surface area contributed by atoms with Crippen LogP contribution in [0.25, 0.3) is 22.4 Å². The number of aromatic amines is 1. The van der Waals surface area contributed by atoms with Gasteiger partial charge in [-0.05, 0) is 42.7 Å². The van der Waals surface area contributed by atoms with E-state index in [2.05, 4.69) is 20.3 Å². The van der Waals surface area contributed by atoms with Gasteiger partial charge >= 0.3 is 0 Å². The fourth-order valence-corrected chi connectivity index (χ4v) is 2.76. The Kier molecular flexibility index (Phi) is 4.97. The topological polar surface area (TPSA) is 114 Å². The Balaban J connectivity index is 1.84. The molecule has 7 heteroatoms. The molecular formula is C19H21N5O2. The van der Waals surface area contributed by atoms with Gasteiger partial charge in [-0.25, -0.2) is 4.98 Å². The highest BCUT2D eigenvalue weighted by Crippen LogP contribution is 2.21. The summed E-state index contributed by atoms with van der Waals surface area (Å²) in [6.07, 6.45) is 3.89. The van der Waals surface area contributed by atoms with Gasteiger partial charge in [-0.3, -0.25) is 14.6 Å². The third-order valence-electron chi connectivity index (χ3n) is 4.05. The van der Waals surface area contributed by atoms with Crippen LogP contribution in [0.4, 0.5) is 0 Å². The van der Waals surface area contributed by atoms with E-state index in [4.69, 9.17) is 5.73 Å². The lowest BCUT2D eigenvalue weighted by atomic mass is 10.0. The van der Waals surface area contributed by atoms with E-state index in [0.717, 1.165) is 16.6 Å². The molecule has 0 bridgehead atoms. The lowest BCUT2D eigenvalue weighted by Gasteiger charge is -2.17. The highest BCUT2D eigenvalue weighted by molar-refractivity contribution is 5.99. The molecule has 0 radical (unpaired) electrons. The molecule has 0 fully saturated rings. The molecule has 2 heterocycles. The van der Waals surface area contributed by atoms with Crippen LogP contribution in [0.1, 0.15) is 30.6 Å². The number of rotatable bonds is 6. The van der Waals surface area contributed by atoms with Crippen LogP contribution in [0.5, 0.6) is 0 Å². The van der Waals surface area contributed by atoms with Gasteiger partial charge in [-0.15, -0.1) is 0 Å². The summed E-state index contributed by atoms with van der Waals surface area (Å²) in [4.78, 5) is 35.8. The number of benzene rings is 1. The number of aromatic nitrogens is 3. The summed E-state index contributed by atoms with van der Waals surface area (Å²) in [5.41, 5.74) is 8.24. The number of H-pyrrole nitrogens is 1. The number of hydrogen-bond acceptors (Lipinski definition) is 4. The molecule has 0 unspecified atom stereocenters. The number of carbonyl (C=O) groups is 2. The number of imidazole rings is 1. The summed E-state index contributed by atoms with van der Waals surface area (Å²) < 4.78 is 0. The number of hydrogen-bond donors (Lipinski definition) is 3. The molecule has 3 rings (SSSR count). The Hall–Kier alpha value is -3.22. The number of nitrogens with one attached hydrogen (secondary N) is 2. The number of carbonyl (C=O) groups excluding carboxylic acids is 2. The summed E-state index contributed by atoms with van der Waals surface area (Å²) in [6.45, 7) is 3.94. The number of pyridine rings is 1. The monoisotopic (exact) mass is 351 g/mol. The average Bonchev–Trinajstić information content (AvgIpc) is 3.04. The molecule has 26 heavy (non-hydrogen) atoms. The third-order valence-corrected chi connectivity index (χ3v) is 4.05. The molecule has 2 amide bonds. The summed E-state index contributed by atoms with van der Waals surface area (Å²) >= 11 is 0. The van der Waals surface area contributed by atoms with E-state index in [-0.39, 0.29) is 11.8 Å². The van der Waals surface area contributed by atoms with Gasteiger partial charge in [0.25, 0.3) is 5.91 Å². The first-order chi connectivity index (χ1) is 12.4. The Morgan fingerprint density at radius 3 is 2.58 bits per heavy atom. The largest absolute Gasteiger partial charge is 0.368 e. The van der Waals surface area contributed by atoms with Crippen LogP contribution in [0.3, 0.4) is 0 Å². The highest BCUT2D eigenvalue weighted by atomic mass is 16.2. The smallest absolute Gasteiger partial charge is 0.252 e. The van der Waals surface area contributed by atoms with Gasteiger partial charge in [-0.2, -0.15) is 0 Å². The molecule has 0 aliphatic carbocycles. The second-order valence-corrected chi connectivity index (χ2v) is 6.61. The van der Waals surface area contributed by atoms with Crippen LogP contribution in [0.15, 0.2) is 42.7 Å². The van der Waals surface area contributed by atoms with Crippen LogP contribution in [-0.4, -0.2) is 32.8 Å². The Labute approximate surface area is 151 Å². The minimum absolute atomic E-state index is 0.241. The highest BCUT2D eigenvalue weighted by Gasteiger charge is 2.20. The standard InChI is InChI=1S/C19H21N5O2/c1-11(2)9-16(17(20)25)24-19(26)13-3-4-14-15(10-13)23-18(22-14)12-5-7-21-8-6-12/h3-8,10-11,16H,9H2,1-2H3,(H2,20,25)(H,22,23)(H,24,26)/t16-/m0/s1. The molecule has 7 nitrogen and oxygen atoms in total. The molecule has 1 atom stereocenters. The van der Waals surface area contributed by atoms with Gasteiger partial charge in [0.05, 0.1) is 11.0 Å². The van der Waals surface area contributed by atoms with E-state index >= 15 is 0 Å². The van der Waals surface area contributed by atoms with Gasteiger partial charge in [-0.1, -0.05) is 13.8 Å². The average molecular weight is 351 g/mol. The molecule has 0 spiro atoms. The van der Waals surface area contributed by atoms with E-state index in [1.165, 1.54) is 0 Å². The number of fused-ring (bicyclic) bond motifs is 1. The fraction of sp³-hybridized carbons (Fsp3) is 0.263. The van der Waals surface area contributed by atoms with E-state index in [9.17, 15) is 9.59 Å². The van der Waals surface area contributed by atoms with Crippen molar-refractivity contribution in [1.29, 1.82) is 0 Å². The van der Waals surface area contributed by atoms with Crippen molar-refractivity contribution in [3.8, 4) is 11.4 Å². The molecule has 3 aromatic rings. The van der Waals surface area contributed by atoms with E-state index < -0.39 is 11.9 Å². The molecule has 2 aromatic heterocycles. The van der Waals surface area contributed by atoms with Crippen molar-refractivity contribution in [1.82, 2.24) is 20.3 Å². The number of primary amides is 1. The van der Waals surface area contributed by atoms with Crippen LogP contribution in [0, 0.1) is 5.92 Å². The summed E-state index contributed by atoms with van der Waals surface area (Å²) in [5.74, 6) is 0.0756. The van der Waals surface area contributed by atoms with Crippen LogP contribution in [0.2, 0.25) is 0 Å². The lowest BCUT2D eigenvalue weighted by molar-refractivity contribution is -0.120. The zero-order valence-corrected chi connectivity index (χ0v) is 14.7. The molecule has 1 aromatic carbocycles. The molecule has 0 aliphatic heterocycles. The Morgan fingerprint density at radius 1 is 1.19 bits per heavy atom. The summed E-state index contributed by atoms with van der Waals surface area (Å²) in [5, 5.41) is 2.71. The van der Waals surface area contributed by atoms with Gasteiger partial charge in [0.2, 0.25) is 5.91 Å². The van der Waals surface area contributed by atoms with E-state index in [0.29, 0.717) is 17.8 Å². The Morgan fingerprint density at radius 2 is 1.92 bits per heavy atom. The predicted octanol–water partition coefficient (Wildman–Crippen LogP) is 2.25. The summed E-state index contributed by atoms with van der Waals surface area (Å²) in [7, 11) is 0. The first kappa shape index (κ1) is 17.6. The van der Waals surface area contributed by atoms with Crippen LogP contribution in [-0.2, 0) is 4.79 Å². The van der Waals surface area contributed by atoms with E-state index in [1.54, 1.807) is 30.6 Å². The minimum Gasteiger partial charge on any atom is -0.368 e. The van der Waals surface area contributed by atoms with Crippen LogP contribution >= 0.6 is 0 Å². The lowest BCUT2D eigenvalue weighted by Crippen LogP contribution is -2.45. The molecule has 0 aliphatic rings. The predicted molar refractivity (Wildman–Crippen MR) is 99.2 cm³/mol. The van der Waals surface area contributed by atoms with Crippen molar-refractivity contribution < 1.29 is 9.59 Å². The first-order valence-electron chi connectivity index (χ1n) is 8.44. The zero-order valence-electron chi connectivity index (χ0n) is 14.7. The first-order valence-corrected chi connectivity index (χ1v) is 8.44. The molecule has 4 N–H and O–H groups in total. The van der Waals surface area contributed by atoms with Gasteiger partial charge in [0.1, 0.15) is 11.9 Å². The maximum atomic E-state index is 12.5. The van der Waals surface area contributed by atoms with Crippen molar-refractivity contribution >= 4 is 22.8 Å². The normalized spacial score (nSPS) is 12.3. The fourth-order valence-electron chi connectivity index (χ4n) is 2.76. The van der Waals surface area contributed by atoms with Crippen molar-refractivity contribution in [3.05, 3.63) is 48.3 Å². The molecule has 0 saturated heterocycles. The van der Waals surface area contributed by atoms with Crippen molar-refractivity contribution in [2.75, 3.05) is 0 Å². The number of amides is 2. The molecule has 134 valence electrons. The maximum Gasteiger partial charge on any atom is 0.252 e. The van der Waals surface area contributed by atoms with Gasteiger partial charge < -0.3 is 16.0 Å².